The van der Waals surface area contributed by atoms with Crippen LogP contribution in [-0.4, -0.2) is 23.9 Å². The maximum Gasteiger partial charge on any atom is 0.222 e. The largest absolute Gasteiger partial charge is 0.343 e. The number of rotatable bonds is 3. The van der Waals surface area contributed by atoms with Gasteiger partial charge in [0.25, 0.3) is 0 Å². The van der Waals surface area contributed by atoms with Crippen LogP contribution in [0, 0.1) is 11.8 Å². The Kier molecular flexibility index (Phi) is 4.43. The van der Waals surface area contributed by atoms with E-state index >= 15 is 0 Å². The molecule has 0 atom stereocenters. The first-order chi connectivity index (χ1) is 6.59. The molecule has 0 aromatic heterocycles. The predicted molar refractivity (Wildman–Crippen MR) is 59.1 cm³/mol. The Bertz CT molecular complexity index is 181. The van der Waals surface area contributed by atoms with Gasteiger partial charge in [-0.05, 0) is 31.1 Å². The van der Waals surface area contributed by atoms with Gasteiger partial charge in [0, 0.05) is 19.5 Å². The van der Waals surface area contributed by atoms with E-state index in [1.165, 1.54) is 12.8 Å². The van der Waals surface area contributed by atoms with Crippen molar-refractivity contribution in [3.63, 3.8) is 0 Å². The van der Waals surface area contributed by atoms with Crippen molar-refractivity contribution in [1.82, 2.24) is 4.90 Å². The number of hydrogen-bond acceptors (Lipinski definition) is 1. The Morgan fingerprint density at radius 3 is 2.43 bits per heavy atom. The van der Waals surface area contributed by atoms with Crippen molar-refractivity contribution in [2.75, 3.05) is 13.1 Å². The van der Waals surface area contributed by atoms with Crippen LogP contribution in [0.2, 0.25) is 0 Å². The maximum atomic E-state index is 11.7. The molecular formula is C12H23NO. The van der Waals surface area contributed by atoms with E-state index < -0.39 is 0 Å². The monoisotopic (exact) mass is 197 g/mol. The average molecular weight is 197 g/mol. The molecular weight excluding hydrogens is 174 g/mol. The molecule has 0 N–H and O–H groups in total. The molecule has 0 saturated carbocycles. The third kappa shape index (κ3) is 3.69. The molecule has 0 spiro atoms. The molecule has 1 fully saturated rings. The summed E-state index contributed by atoms with van der Waals surface area (Å²) in [5.41, 5.74) is 0. The van der Waals surface area contributed by atoms with E-state index in [1.807, 2.05) is 4.90 Å². The number of hydrogen-bond donors (Lipinski definition) is 0. The topological polar surface area (TPSA) is 20.3 Å². The standard InChI is InChI=1S/C12H23NO/c1-10(2)4-5-12(14)13-8-6-11(3)7-9-13/h10-11H,4-9H2,1-3H3. The minimum atomic E-state index is 0.366. The van der Waals surface area contributed by atoms with Crippen LogP contribution in [0.5, 0.6) is 0 Å². The summed E-state index contributed by atoms with van der Waals surface area (Å²) in [6.45, 7) is 8.59. The first-order valence-corrected chi connectivity index (χ1v) is 5.87. The lowest BCUT2D eigenvalue weighted by Crippen LogP contribution is -2.37. The second-order valence-electron chi connectivity index (χ2n) is 5.00. The minimum Gasteiger partial charge on any atom is -0.343 e. The molecule has 0 aromatic rings. The van der Waals surface area contributed by atoms with Gasteiger partial charge in [0.2, 0.25) is 5.91 Å². The van der Waals surface area contributed by atoms with Gasteiger partial charge in [-0.2, -0.15) is 0 Å². The fraction of sp³-hybridized carbons (Fsp3) is 0.917. The molecule has 0 bridgehead atoms. The average Bonchev–Trinajstić information content (AvgIpc) is 2.15. The highest BCUT2D eigenvalue weighted by atomic mass is 16.2. The number of likely N-dealkylation sites (tertiary alicyclic amines) is 1. The van der Waals surface area contributed by atoms with Gasteiger partial charge in [-0.3, -0.25) is 4.79 Å². The summed E-state index contributed by atoms with van der Waals surface area (Å²) >= 11 is 0. The van der Waals surface area contributed by atoms with Crippen LogP contribution >= 0.6 is 0 Å². The van der Waals surface area contributed by atoms with Gasteiger partial charge in [-0.25, -0.2) is 0 Å². The third-order valence-electron chi connectivity index (χ3n) is 3.07. The molecule has 1 rings (SSSR count). The summed E-state index contributed by atoms with van der Waals surface area (Å²) in [7, 11) is 0. The fourth-order valence-electron chi connectivity index (χ4n) is 1.83. The Morgan fingerprint density at radius 1 is 1.36 bits per heavy atom. The van der Waals surface area contributed by atoms with Crippen LogP contribution in [-0.2, 0) is 4.79 Å². The quantitative estimate of drug-likeness (QED) is 0.681. The van der Waals surface area contributed by atoms with Gasteiger partial charge < -0.3 is 4.90 Å². The lowest BCUT2D eigenvalue weighted by molar-refractivity contribution is -0.132. The van der Waals surface area contributed by atoms with Crippen LogP contribution < -0.4 is 0 Å². The van der Waals surface area contributed by atoms with Crippen LogP contribution in [0.4, 0.5) is 0 Å². The zero-order valence-electron chi connectivity index (χ0n) is 9.75. The van der Waals surface area contributed by atoms with E-state index in [4.69, 9.17) is 0 Å². The van der Waals surface area contributed by atoms with E-state index in [9.17, 15) is 4.79 Å². The van der Waals surface area contributed by atoms with Crippen molar-refractivity contribution >= 4 is 5.91 Å². The van der Waals surface area contributed by atoms with Gasteiger partial charge >= 0.3 is 0 Å². The summed E-state index contributed by atoms with van der Waals surface area (Å²) in [6.07, 6.45) is 4.15. The molecule has 1 aliphatic heterocycles. The highest BCUT2D eigenvalue weighted by Crippen LogP contribution is 2.17. The van der Waals surface area contributed by atoms with Gasteiger partial charge in [0.15, 0.2) is 0 Å². The van der Waals surface area contributed by atoms with Crippen molar-refractivity contribution in [2.24, 2.45) is 11.8 Å². The highest BCUT2D eigenvalue weighted by molar-refractivity contribution is 5.76. The lowest BCUT2D eigenvalue weighted by Gasteiger charge is -2.30. The van der Waals surface area contributed by atoms with Gasteiger partial charge in [0.1, 0.15) is 0 Å². The van der Waals surface area contributed by atoms with Crippen molar-refractivity contribution in [3.05, 3.63) is 0 Å². The Morgan fingerprint density at radius 2 is 1.93 bits per heavy atom. The normalized spacial score (nSPS) is 19.0. The van der Waals surface area contributed by atoms with Crippen molar-refractivity contribution in [2.45, 2.75) is 46.5 Å². The molecule has 1 amide bonds. The van der Waals surface area contributed by atoms with Gasteiger partial charge in [-0.15, -0.1) is 0 Å². The number of piperidine rings is 1. The predicted octanol–water partition coefficient (Wildman–Crippen LogP) is 2.68. The first-order valence-electron chi connectivity index (χ1n) is 5.87. The summed E-state index contributed by atoms with van der Waals surface area (Å²) < 4.78 is 0. The molecule has 2 heteroatoms. The molecule has 2 nitrogen and oxygen atoms in total. The van der Waals surface area contributed by atoms with Crippen LogP contribution in [0.1, 0.15) is 46.5 Å². The van der Waals surface area contributed by atoms with Gasteiger partial charge in [0.05, 0.1) is 0 Å². The number of carbonyl (C=O) groups is 1. The summed E-state index contributed by atoms with van der Waals surface area (Å²) in [6, 6.07) is 0. The van der Waals surface area contributed by atoms with Crippen molar-refractivity contribution in [1.29, 1.82) is 0 Å². The smallest absolute Gasteiger partial charge is 0.222 e. The van der Waals surface area contributed by atoms with Gasteiger partial charge in [-0.1, -0.05) is 20.8 Å². The second-order valence-corrected chi connectivity index (χ2v) is 5.00. The SMILES string of the molecule is CC(C)CCC(=O)N1CCC(C)CC1. The van der Waals surface area contributed by atoms with Crippen LogP contribution in [0.15, 0.2) is 0 Å². The Balaban J connectivity index is 2.24. The molecule has 0 radical (unpaired) electrons. The van der Waals surface area contributed by atoms with Crippen LogP contribution in [0.25, 0.3) is 0 Å². The number of amides is 1. The van der Waals surface area contributed by atoms with Crippen molar-refractivity contribution < 1.29 is 4.79 Å². The Hall–Kier alpha value is -0.530. The Labute approximate surface area is 87.7 Å². The lowest BCUT2D eigenvalue weighted by atomic mass is 9.98. The van der Waals surface area contributed by atoms with E-state index in [2.05, 4.69) is 20.8 Å². The molecule has 1 aliphatic rings. The minimum absolute atomic E-state index is 0.366. The summed E-state index contributed by atoms with van der Waals surface area (Å²) in [4.78, 5) is 13.8. The second kappa shape index (κ2) is 5.38. The molecule has 0 aromatic carbocycles. The first kappa shape index (κ1) is 11.5. The van der Waals surface area contributed by atoms with E-state index in [-0.39, 0.29) is 0 Å². The van der Waals surface area contributed by atoms with E-state index in [1.54, 1.807) is 0 Å². The maximum absolute atomic E-state index is 11.7. The fourth-order valence-corrected chi connectivity index (χ4v) is 1.83. The molecule has 14 heavy (non-hydrogen) atoms. The molecule has 1 saturated heterocycles. The number of nitrogens with zero attached hydrogens (tertiary/aromatic N) is 1. The highest BCUT2D eigenvalue weighted by Gasteiger charge is 2.19. The molecule has 0 unspecified atom stereocenters. The zero-order valence-corrected chi connectivity index (χ0v) is 9.75. The number of carbonyl (C=O) groups excluding carboxylic acids is 1. The molecule has 1 heterocycles. The molecule has 0 aliphatic carbocycles. The zero-order chi connectivity index (χ0) is 10.6. The van der Waals surface area contributed by atoms with Crippen LogP contribution in [0.3, 0.4) is 0 Å². The summed E-state index contributed by atoms with van der Waals surface area (Å²) in [5, 5.41) is 0. The summed E-state index contributed by atoms with van der Waals surface area (Å²) in [5.74, 6) is 1.82. The third-order valence-corrected chi connectivity index (χ3v) is 3.07. The van der Waals surface area contributed by atoms with E-state index in [0.29, 0.717) is 11.8 Å². The van der Waals surface area contributed by atoms with E-state index in [0.717, 1.165) is 31.8 Å². The van der Waals surface area contributed by atoms with Crippen molar-refractivity contribution in [3.8, 4) is 0 Å². The molecule has 82 valence electrons.